The van der Waals surface area contributed by atoms with Gasteiger partial charge in [-0.25, -0.2) is 0 Å². The summed E-state index contributed by atoms with van der Waals surface area (Å²) in [6.45, 7) is 9.78. The van der Waals surface area contributed by atoms with Gasteiger partial charge in [0, 0.05) is 0 Å². The molecule has 0 heterocycles. The molecule has 0 bridgehead atoms. The second kappa shape index (κ2) is 4.07. The van der Waals surface area contributed by atoms with Gasteiger partial charge in [-0.2, -0.15) is 0 Å². The Bertz CT molecular complexity index is 281. The smallest absolute Gasteiger partial charge is 0.106 e. The molecule has 1 rings (SSSR count). The Kier molecular flexibility index (Phi) is 3.06. The Labute approximate surface area is 75.9 Å². The van der Waals surface area contributed by atoms with E-state index < -0.39 is 8.80 Å². The van der Waals surface area contributed by atoms with Crippen molar-refractivity contribution in [2.45, 2.75) is 6.92 Å². The second-order valence-electron chi connectivity index (χ2n) is 2.68. The molecule has 0 fully saturated rings. The molecular weight excluding hydrogens is 160 g/mol. The molecule has 1 heteroatoms. The van der Waals surface area contributed by atoms with Crippen molar-refractivity contribution in [3.05, 3.63) is 54.4 Å². The maximum Gasteiger partial charge on any atom is 0.138 e. The van der Waals surface area contributed by atoms with Gasteiger partial charge in [0.2, 0.25) is 0 Å². The highest BCUT2D eigenvalue weighted by Crippen LogP contribution is 1.97. The number of rotatable bonds is 3. The van der Waals surface area contributed by atoms with E-state index in [0.29, 0.717) is 0 Å². The van der Waals surface area contributed by atoms with Crippen LogP contribution in [0.25, 0.3) is 0 Å². The van der Waals surface area contributed by atoms with Crippen LogP contribution in [0.5, 0.6) is 0 Å². The van der Waals surface area contributed by atoms with E-state index in [0.717, 1.165) is 0 Å². The third-order valence-electron chi connectivity index (χ3n) is 1.90. The fourth-order valence-corrected chi connectivity index (χ4v) is 2.63. The molecule has 0 unspecified atom stereocenters. The molecule has 1 radical (unpaired) electrons. The van der Waals surface area contributed by atoms with Gasteiger partial charge in [0.05, 0.1) is 0 Å². The van der Waals surface area contributed by atoms with Crippen LogP contribution in [-0.2, 0) is 0 Å². The number of aryl methyl sites for hydroxylation is 1. The summed E-state index contributed by atoms with van der Waals surface area (Å²) in [7, 11) is -0.703. The Balaban J connectivity index is 3.08. The third-order valence-corrected chi connectivity index (χ3v) is 3.96. The lowest BCUT2D eigenvalue weighted by Gasteiger charge is -2.07. The zero-order valence-corrected chi connectivity index (χ0v) is 8.38. The molecule has 1 aromatic carbocycles. The van der Waals surface area contributed by atoms with Crippen molar-refractivity contribution in [2.75, 3.05) is 0 Å². The van der Waals surface area contributed by atoms with Gasteiger partial charge in [0.15, 0.2) is 0 Å². The minimum atomic E-state index is -0.703. The van der Waals surface area contributed by atoms with Crippen LogP contribution in [0.2, 0.25) is 0 Å². The molecule has 0 saturated carbocycles. The SMILES string of the molecule is C=C[Si](C=C)c1ccccc1C. The van der Waals surface area contributed by atoms with E-state index in [2.05, 4.69) is 44.3 Å². The number of benzene rings is 1. The van der Waals surface area contributed by atoms with E-state index in [1.807, 2.05) is 11.4 Å². The Morgan fingerprint density at radius 2 is 1.75 bits per heavy atom. The predicted octanol–water partition coefficient (Wildman–Crippen LogP) is 2.15. The van der Waals surface area contributed by atoms with Gasteiger partial charge in [-0.05, 0) is 12.1 Å². The van der Waals surface area contributed by atoms with E-state index >= 15 is 0 Å². The zero-order chi connectivity index (χ0) is 8.97. The highest BCUT2D eigenvalue weighted by Gasteiger charge is 2.06. The van der Waals surface area contributed by atoms with Gasteiger partial charge in [-0.15, -0.1) is 13.2 Å². The third kappa shape index (κ3) is 1.74. The Hall–Kier alpha value is -1.08. The van der Waals surface area contributed by atoms with Crippen molar-refractivity contribution in [3.63, 3.8) is 0 Å². The highest BCUT2D eigenvalue weighted by molar-refractivity contribution is 6.82. The molecule has 12 heavy (non-hydrogen) atoms. The van der Waals surface area contributed by atoms with Gasteiger partial charge in [0.1, 0.15) is 8.80 Å². The van der Waals surface area contributed by atoms with Crippen LogP contribution in [0.3, 0.4) is 0 Å². The topological polar surface area (TPSA) is 0 Å². The zero-order valence-electron chi connectivity index (χ0n) is 7.38. The molecule has 0 aliphatic rings. The summed E-state index contributed by atoms with van der Waals surface area (Å²) >= 11 is 0. The van der Waals surface area contributed by atoms with Gasteiger partial charge in [-0.3, -0.25) is 0 Å². The van der Waals surface area contributed by atoms with Crippen LogP contribution in [0.15, 0.2) is 48.8 Å². The van der Waals surface area contributed by atoms with Crippen LogP contribution in [0.1, 0.15) is 5.56 Å². The largest absolute Gasteiger partial charge is 0.138 e. The van der Waals surface area contributed by atoms with E-state index in [9.17, 15) is 0 Å². The quantitative estimate of drug-likeness (QED) is 0.614. The highest BCUT2D eigenvalue weighted by atomic mass is 28.3. The Morgan fingerprint density at radius 1 is 1.17 bits per heavy atom. The lowest BCUT2D eigenvalue weighted by molar-refractivity contribution is 1.51. The minimum absolute atomic E-state index is 0.703. The van der Waals surface area contributed by atoms with Crippen molar-refractivity contribution in [3.8, 4) is 0 Å². The fourth-order valence-electron chi connectivity index (χ4n) is 1.20. The lowest BCUT2D eigenvalue weighted by atomic mass is 10.2. The van der Waals surface area contributed by atoms with Crippen molar-refractivity contribution < 1.29 is 0 Å². The summed E-state index contributed by atoms with van der Waals surface area (Å²) in [6, 6.07) is 8.42. The molecule has 0 nitrogen and oxygen atoms in total. The van der Waals surface area contributed by atoms with Crippen LogP contribution in [0, 0.1) is 6.92 Å². The van der Waals surface area contributed by atoms with Crippen molar-refractivity contribution >= 4 is 14.0 Å². The molecule has 0 saturated heterocycles. The van der Waals surface area contributed by atoms with Crippen molar-refractivity contribution in [1.82, 2.24) is 0 Å². The van der Waals surface area contributed by atoms with E-state index in [4.69, 9.17) is 0 Å². The first-order valence-electron chi connectivity index (χ1n) is 3.97. The summed E-state index contributed by atoms with van der Waals surface area (Å²) in [6.07, 6.45) is 0. The number of hydrogen-bond acceptors (Lipinski definition) is 0. The summed E-state index contributed by atoms with van der Waals surface area (Å²) in [5.41, 5.74) is 5.37. The first-order valence-corrected chi connectivity index (χ1v) is 5.63. The summed E-state index contributed by atoms with van der Waals surface area (Å²) < 4.78 is 0. The standard InChI is InChI=1S/C11H13Si/c1-4-12(5-2)11-9-7-6-8-10(11)3/h4-9H,1-2H2,3H3. The average Bonchev–Trinajstić information content (AvgIpc) is 2.10. The Morgan fingerprint density at radius 3 is 2.25 bits per heavy atom. The molecule has 0 spiro atoms. The van der Waals surface area contributed by atoms with E-state index in [1.165, 1.54) is 10.8 Å². The summed E-state index contributed by atoms with van der Waals surface area (Å²) in [5, 5.41) is 1.40. The molecule has 0 aliphatic heterocycles. The summed E-state index contributed by atoms with van der Waals surface area (Å²) in [4.78, 5) is 0. The molecule has 0 aromatic heterocycles. The molecular formula is C11H13Si. The molecule has 0 atom stereocenters. The summed E-state index contributed by atoms with van der Waals surface area (Å²) in [5.74, 6) is 0. The van der Waals surface area contributed by atoms with Crippen molar-refractivity contribution in [2.24, 2.45) is 0 Å². The average molecular weight is 173 g/mol. The molecule has 1 aromatic rings. The predicted molar refractivity (Wildman–Crippen MR) is 57.0 cm³/mol. The van der Waals surface area contributed by atoms with Gasteiger partial charge < -0.3 is 0 Å². The van der Waals surface area contributed by atoms with E-state index in [1.54, 1.807) is 0 Å². The van der Waals surface area contributed by atoms with Crippen molar-refractivity contribution in [1.29, 1.82) is 0 Å². The maximum atomic E-state index is 3.82. The minimum Gasteiger partial charge on any atom is -0.106 e. The van der Waals surface area contributed by atoms with E-state index in [-0.39, 0.29) is 0 Å². The van der Waals surface area contributed by atoms with Crippen LogP contribution < -0.4 is 5.19 Å². The normalized spacial score (nSPS) is 9.83. The number of hydrogen-bond donors (Lipinski definition) is 0. The first-order chi connectivity index (χ1) is 5.79. The van der Waals surface area contributed by atoms with Crippen LogP contribution in [-0.4, -0.2) is 8.80 Å². The van der Waals surface area contributed by atoms with Gasteiger partial charge >= 0.3 is 0 Å². The first kappa shape index (κ1) is 9.01. The van der Waals surface area contributed by atoms with Gasteiger partial charge in [0.25, 0.3) is 0 Å². The fraction of sp³-hybridized carbons (Fsp3) is 0.0909. The van der Waals surface area contributed by atoms with Crippen LogP contribution >= 0.6 is 0 Å². The maximum absolute atomic E-state index is 3.82. The van der Waals surface area contributed by atoms with Crippen LogP contribution in [0.4, 0.5) is 0 Å². The van der Waals surface area contributed by atoms with Gasteiger partial charge in [-0.1, -0.05) is 41.2 Å². The second-order valence-corrected chi connectivity index (χ2v) is 4.94. The lowest BCUT2D eigenvalue weighted by Crippen LogP contribution is -2.27. The monoisotopic (exact) mass is 173 g/mol. The molecule has 0 aliphatic carbocycles. The molecule has 0 N–H and O–H groups in total. The molecule has 0 amide bonds. The molecule has 61 valence electrons.